The molecule has 33 heavy (non-hydrogen) atoms. The summed E-state index contributed by atoms with van der Waals surface area (Å²) in [7, 11) is 1.68. The van der Waals surface area contributed by atoms with Crippen LogP contribution in [0.5, 0.6) is 5.75 Å². The van der Waals surface area contributed by atoms with Gasteiger partial charge in [-0.05, 0) is 46.4 Å². The number of rotatable bonds is 7. The van der Waals surface area contributed by atoms with Gasteiger partial charge >= 0.3 is 6.03 Å². The van der Waals surface area contributed by atoms with E-state index in [1.807, 2.05) is 29.2 Å². The number of amides is 2. The summed E-state index contributed by atoms with van der Waals surface area (Å²) in [6.45, 7) is 3.01. The second kappa shape index (κ2) is 11.3. The fourth-order valence-corrected chi connectivity index (χ4v) is 4.10. The molecule has 0 unspecified atom stereocenters. The summed E-state index contributed by atoms with van der Waals surface area (Å²) >= 11 is 0. The van der Waals surface area contributed by atoms with Gasteiger partial charge in [0.2, 0.25) is 0 Å². The van der Waals surface area contributed by atoms with Crippen molar-refractivity contribution in [3.05, 3.63) is 102 Å². The van der Waals surface area contributed by atoms with Crippen LogP contribution in [0, 0.1) is 0 Å². The molecule has 1 aliphatic heterocycles. The van der Waals surface area contributed by atoms with Crippen LogP contribution in [-0.4, -0.2) is 50.9 Å². The number of methoxy groups -OCH3 is 1. The van der Waals surface area contributed by atoms with Gasteiger partial charge in [-0.15, -0.1) is 0 Å². The molecule has 1 heterocycles. The van der Waals surface area contributed by atoms with Gasteiger partial charge in [-0.25, -0.2) is 4.79 Å². The van der Waals surface area contributed by atoms with Crippen LogP contribution in [0.1, 0.15) is 23.1 Å². The maximum atomic E-state index is 12.6. The second-order valence-corrected chi connectivity index (χ2v) is 7.90. The lowest BCUT2D eigenvalue weighted by atomic mass is 9.88. The third-order valence-electron chi connectivity index (χ3n) is 5.81. The monoisotopic (exact) mass is 442 g/mol. The molecule has 0 radical (unpaired) electrons. The van der Waals surface area contributed by atoms with Gasteiger partial charge in [0, 0.05) is 19.6 Å². The highest BCUT2D eigenvalue weighted by Crippen LogP contribution is 2.34. The normalized spacial score (nSPS) is 14.4. The highest BCUT2D eigenvalue weighted by atomic mass is 16.5. The van der Waals surface area contributed by atoms with Crippen LogP contribution in [0.4, 0.5) is 4.79 Å². The molecular formula is C28H30N2O3. The quantitative estimate of drug-likeness (QED) is 0.519. The molecule has 4 rings (SSSR count). The Morgan fingerprint density at radius 1 is 0.848 bits per heavy atom. The van der Waals surface area contributed by atoms with Crippen molar-refractivity contribution in [3.63, 3.8) is 0 Å². The first-order valence-electron chi connectivity index (χ1n) is 11.3. The molecule has 3 aromatic rings. The number of benzene rings is 3. The third-order valence-corrected chi connectivity index (χ3v) is 5.81. The number of carbonyl (C=O) groups excluding carboxylic acids is 1. The molecule has 5 heteroatoms. The largest absolute Gasteiger partial charge is 0.497 e. The molecule has 1 saturated heterocycles. The number of morpholine rings is 1. The first-order chi connectivity index (χ1) is 16.3. The van der Waals surface area contributed by atoms with E-state index in [1.54, 1.807) is 7.11 Å². The minimum absolute atomic E-state index is 0.0311. The molecule has 2 amide bonds. The van der Waals surface area contributed by atoms with Crippen LogP contribution < -0.4 is 10.1 Å². The van der Waals surface area contributed by atoms with Gasteiger partial charge in [-0.1, -0.05) is 72.8 Å². The maximum Gasteiger partial charge on any atom is 0.317 e. The average molecular weight is 443 g/mol. The standard InChI is InChI=1S/C28H30N2O3/c1-32-25-14-12-24(13-15-25)27(23-10-6-3-7-11-23)26(22-8-4-2-5-9-22)16-17-29-28(31)30-18-20-33-21-19-30/h2-15H,16-21H2,1H3,(H,29,31)/b27-26-. The van der Waals surface area contributed by atoms with E-state index < -0.39 is 0 Å². The third kappa shape index (κ3) is 5.82. The van der Waals surface area contributed by atoms with Crippen molar-refractivity contribution < 1.29 is 14.3 Å². The first-order valence-corrected chi connectivity index (χ1v) is 11.3. The Balaban J connectivity index is 1.69. The van der Waals surface area contributed by atoms with Crippen LogP contribution in [0.25, 0.3) is 11.1 Å². The Kier molecular flexibility index (Phi) is 7.77. The molecule has 0 spiro atoms. The molecular weight excluding hydrogens is 412 g/mol. The summed E-state index contributed by atoms with van der Waals surface area (Å²) in [5.74, 6) is 0.824. The maximum absolute atomic E-state index is 12.6. The summed E-state index contributed by atoms with van der Waals surface area (Å²) in [6.07, 6.45) is 0.705. The van der Waals surface area contributed by atoms with E-state index in [9.17, 15) is 4.79 Å². The van der Waals surface area contributed by atoms with Crippen molar-refractivity contribution in [2.75, 3.05) is 40.0 Å². The van der Waals surface area contributed by atoms with Gasteiger partial charge in [0.15, 0.2) is 0 Å². The number of nitrogens with zero attached hydrogens (tertiary/aromatic N) is 1. The van der Waals surface area contributed by atoms with E-state index in [0.717, 1.165) is 28.0 Å². The molecule has 0 aliphatic carbocycles. The van der Waals surface area contributed by atoms with Crippen LogP contribution in [0.3, 0.4) is 0 Å². The zero-order valence-corrected chi connectivity index (χ0v) is 19.0. The van der Waals surface area contributed by atoms with Gasteiger partial charge in [0.1, 0.15) is 5.75 Å². The number of hydrogen-bond donors (Lipinski definition) is 1. The first kappa shape index (κ1) is 22.6. The van der Waals surface area contributed by atoms with Crippen molar-refractivity contribution in [2.45, 2.75) is 6.42 Å². The lowest BCUT2D eigenvalue weighted by molar-refractivity contribution is 0.0533. The van der Waals surface area contributed by atoms with Gasteiger partial charge in [-0.3, -0.25) is 0 Å². The fraction of sp³-hybridized carbons (Fsp3) is 0.250. The smallest absolute Gasteiger partial charge is 0.317 e. The van der Waals surface area contributed by atoms with Crippen molar-refractivity contribution in [1.82, 2.24) is 10.2 Å². The van der Waals surface area contributed by atoms with Crippen molar-refractivity contribution in [3.8, 4) is 5.75 Å². The minimum atomic E-state index is -0.0311. The zero-order valence-electron chi connectivity index (χ0n) is 19.0. The summed E-state index contributed by atoms with van der Waals surface area (Å²) < 4.78 is 10.7. The van der Waals surface area contributed by atoms with Crippen molar-refractivity contribution >= 4 is 17.2 Å². The fourth-order valence-electron chi connectivity index (χ4n) is 4.10. The van der Waals surface area contributed by atoms with Gasteiger partial charge in [0.05, 0.1) is 20.3 Å². The summed E-state index contributed by atoms with van der Waals surface area (Å²) in [6, 6.07) is 28.9. The molecule has 0 saturated carbocycles. The van der Waals surface area contributed by atoms with Crippen LogP contribution in [0.15, 0.2) is 84.9 Å². The molecule has 1 N–H and O–H groups in total. The summed E-state index contributed by atoms with van der Waals surface area (Å²) in [4.78, 5) is 14.4. The molecule has 0 bridgehead atoms. The molecule has 3 aromatic carbocycles. The highest BCUT2D eigenvalue weighted by molar-refractivity contribution is 5.98. The van der Waals surface area contributed by atoms with E-state index in [4.69, 9.17) is 9.47 Å². The summed E-state index contributed by atoms with van der Waals surface area (Å²) in [5, 5.41) is 3.11. The molecule has 0 atom stereocenters. The predicted molar refractivity (Wildman–Crippen MR) is 132 cm³/mol. The SMILES string of the molecule is COc1ccc(/C(=C(/CCNC(=O)N2CCOCC2)c2ccccc2)c2ccccc2)cc1. The Labute approximate surface area is 195 Å². The van der Waals surface area contributed by atoms with Crippen LogP contribution >= 0.6 is 0 Å². The molecule has 1 aliphatic rings. The molecule has 0 aromatic heterocycles. The number of ether oxygens (including phenoxy) is 2. The van der Waals surface area contributed by atoms with E-state index in [2.05, 4.69) is 66.0 Å². The Bertz CT molecular complexity index is 1060. The topological polar surface area (TPSA) is 50.8 Å². The van der Waals surface area contributed by atoms with E-state index in [1.165, 1.54) is 5.57 Å². The number of hydrogen-bond acceptors (Lipinski definition) is 3. The molecule has 5 nitrogen and oxygen atoms in total. The van der Waals surface area contributed by atoms with Gasteiger partial charge in [-0.2, -0.15) is 0 Å². The van der Waals surface area contributed by atoms with Gasteiger partial charge < -0.3 is 19.7 Å². The number of carbonyl (C=O) groups is 1. The predicted octanol–water partition coefficient (Wildman–Crippen LogP) is 5.09. The van der Waals surface area contributed by atoms with Crippen molar-refractivity contribution in [2.24, 2.45) is 0 Å². The number of nitrogens with one attached hydrogen (secondary N) is 1. The molecule has 1 fully saturated rings. The summed E-state index contributed by atoms with van der Waals surface area (Å²) in [5.41, 5.74) is 5.74. The highest BCUT2D eigenvalue weighted by Gasteiger charge is 2.18. The van der Waals surface area contributed by atoms with Gasteiger partial charge in [0.25, 0.3) is 0 Å². The molecule has 170 valence electrons. The Morgan fingerprint density at radius 2 is 1.42 bits per heavy atom. The lowest BCUT2D eigenvalue weighted by Crippen LogP contribution is -2.46. The Morgan fingerprint density at radius 3 is 2.03 bits per heavy atom. The Hall–Kier alpha value is -3.57. The van der Waals surface area contributed by atoms with E-state index in [0.29, 0.717) is 39.3 Å². The number of urea groups is 1. The minimum Gasteiger partial charge on any atom is -0.497 e. The average Bonchev–Trinajstić information content (AvgIpc) is 2.90. The van der Waals surface area contributed by atoms with E-state index >= 15 is 0 Å². The lowest BCUT2D eigenvalue weighted by Gasteiger charge is -2.27. The van der Waals surface area contributed by atoms with Crippen LogP contribution in [-0.2, 0) is 4.74 Å². The zero-order chi connectivity index (χ0) is 22.9. The van der Waals surface area contributed by atoms with E-state index in [-0.39, 0.29) is 6.03 Å². The van der Waals surface area contributed by atoms with Crippen molar-refractivity contribution in [1.29, 1.82) is 0 Å². The van der Waals surface area contributed by atoms with Crippen LogP contribution in [0.2, 0.25) is 0 Å². The second-order valence-electron chi connectivity index (χ2n) is 7.90.